The molecule has 0 aliphatic rings. The normalized spacial score (nSPS) is 11.5. The van der Waals surface area contributed by atoms with Crippen molar-refractivity contribution in [1.82, 2.24) is 5.16 Å². The molecule has 0 aliphatic heterocycles. The number of anilines is 1. The van der Waals surface area contributed by atoms with Crippen LogP contribution in [0.2, 0.25) is 0 Å². The summed E-state index contributed by atoms with van der Waals surface area (Å²) in [4.78, 5) is 11.2. The molecule has 6 nitrogen and oxygen atoms in total. The summed E-state index contributed by atoms with van der Waals surface area (Å²) in [6, 6.07) is 13.3. The topological polar surface area (TPSA) is 89.3 Å². The molecule has 1 aromatic heterocycles. The van der Waals surface area contributed by atoms with Gasteiger partial charge in [0.2, 0.25) is 10.0 Å². The number of carbonyl (C=O) groups is 1. The van der Waals surface area contributed by atoms with E-state index >= 15 is 0 Å². The van der Waals surface area contributed by atoms with Crippen LogP contribution in [0.3, 0.4) is 0 Å². The number of hydrogen-bond donors (Lipinski definition) is 1. The maximum Gasteiger partial charge on any atom is 0.238 e. The maximum atomic E-state index is 12.3. The summed E-state index contributed by atoms with van der Waals surface area (Å²) in [6.45, 7) is 1.45. The minimum atomic E-state index is -3.64. The van der Waals surface area contributed by atoms with Crippen LogP contribution in [-0.4, -0.2) is 19.4 Å². The predicted octanol–water partition coefficient (Wildman–Crippen LogP) is 2.97. The van der Waals surface area contributed by atoms with E-state index in [1.807, 2.05) is 0 Å². The summed E-state index contributed by atoms with van der Waals surface area (Å²) in [6.07, 6.45) is 0. The molecular formula is C16H14N2O4S. The monoisotopic (exact) mass is 330 g/mol. The van der Waals surface area contributed by atoms with Crippen LogP contribution in [0, 0.1) is 0 Å². The molecule has 0 aliphatic carbocycles. The smallest absolute Gasteiger partial charge is 0.238 e. The molecule has 0 spiro atoms. The zero-order valence-corrected chi connectivity index (χ0v) is 13.1. The molecule has 2 aromatic carbocycles. The van der Waals surface area contributed by atoms with Gasteiger partial charge in [0.25, 0.3) is 0 Å². The molecule has 1 heterocycles. The fraction of sp³-hybridized carbons (Fsp3) is 0.125. The lowest BCUT2D eigenvalue weighted by molar-refractivity contribution is 0.101. The summed E-state index contributed by atoms with van der Waals surface area (Å²) in [5.74, 6) is -0.369. The summed E-state index contributed by atoms with van der Waals surface area (Å²) in [7, 11) is -3.64. The van der Waals surface area contributed by atoms with E-state index in [-0.39, 0.29) is 11.5 Å². The molecule has 3 aromatic rings. The molecule has 0 unspecified atom stereocenters. The minimum absolute atomic E-state index is 0.0755. The zero-order chi connectivity index (χ0) is 16.4. The molecule has 3 rings (SSSR count). The second kappa shape index (κ2) is 5.85. The highest BCUT2D eigenvalue weighted by molar-refractivity contribution is 7.91. The molecule has 0 bridgehead atoms. The summed E-state index contributed by atoms with van der Waals surface area (Å²) >= 11 is 0. The molecule has 1 N–H and O–H groups in total. The van der Waals surface area contributed by atoms with E-state index < -0.39 is 10.0 Å². The van der Waals surface area contributed by atoms with Gasteiger partial charge in [0, 0.05) is 16.6 Å². The van der Waals surface area contributed by atoms with E-state index in [1.165, 1.54) is 6.92 Å². The lowest BCUT2D eigenvalue weighted by Gasteiger charge is -2.07. The quantitative estimate of drug-likeness (QED) is 0.726. The lowest BCUT2D eigenvalue weighted by Crippen LogP contribution is -2.15. The van der Waals surface area contributed by atoms with Gasteiger partial charge in [-0.05, 0) is 43.3 Å². The van der Waals surface area contributed by atoms with Crippen molar-refractivity contribution in [2.24, 2.45) is 0 Å². The first-order chi connectivity index (χ1) is 10.9. The van der Waals surface area contributed by atoms with Gasteiger partial charge in [-0.15, -0.1) is 0 Å². The molecule has 0 fully saturated rings. The van der Waals surface area contributed by atoms with Gasteiger partial charge in [0.05, 0.1) is 0 Å². The second-order valence-corrected chi connectivity index (χ2v) is 6.84. The Hall–Kier alpha value is -2.67. The van der Waals surface area contributed by atoms with Crippen molar-refractivity contribution in [2.45, 2.75) is 12.7 Å². The van der Waals surface area contributed by atoms with Gasteiger partial charge in [-0.2, -0.15) is 0 Å². The molecule has 0 saturated heterocycles. The maximum absolute atomic E-state index is 12.3. The Kier molecular flexibility index (Phi) is 3.87. The highest BCUT2D eigenvalue weighted by Gasteiger charge is 2.17. The van der Waals surface area contributed by atoms with Gasteiger partial charge in [0.1, 0.15) is 11.4 Å². The zero-order valence-electron chi connectivity index (χ0n) is 12.3. The van der Waals surface area contributed by atoms with Crippen LogP contribution in [0.1, 0.15) is 23.0 Å². The second-order valence-electron chi connectivity index (χ2n) is 5.12. The average molecular weight is 330 g/mol. The van der Waals surface area contributed by atoms with Gasteiger partial charge in [-0.1, -0.05) is 17.3 Å². The Morgan fingerprint density at radius 3 is 2.52 bits per heavy atom. The van der Waals surface area contributed by atoms with Crippen LogP contribution >= 0.6 is 0 Å². The summed E-state index contributed by atoms with van der Waals surface area (Å²) in [5, 5.41) is 4.49. The van der Waals surface area contributed by atoms with E-state index in [1.54, 1.807) is 48.5 Å². The Balaban J connectivity index is 1.80. The number of hydrogen-bond acceptors (Lipinski definition) is 5. The Morgan fingerprint density at radius 1 is 1.13 bits per heavy atom. The number of para-hydroxylation sites is 1. The van der Waals surface area contributed by atoms with Crippen molar-refractivity contribution in [2.75, 3.05) is 4.72 Å². The molecule has 0 radical (unpaired) electrons. The van der Waals surface area contributed by atoms with Crippen molar-refractivity contribution in [3.63, 3.8) is 0 Å². The van der Waals surface area contributed by atoms with E-state index in [2.05, 4.69) is 9.88 Å². The molecule has 0 atom stereocenters. The predicted molar refractivity (Wildman–Crippen MR) is 86.7 cm³/mol. The number of carbonyl (C=O) groups excluding carboxylic acids is 1. The van der Waals surface area contributed by atoms with Crippen LogP contribution < -0.4 is 4.72 Å². The van der Waals surface area contributed by atoms with Crippen LogP contribution in [-0.2, 0) is 15.8 Å². The third kappa shape index (κ3) is 3.40. The van der Waals surface area contributed by atoms with Gasteiger partial charge >= 0.3 is 0 Å². The SMILES string of the molecule is CC(=O)c1ccc(NS(=O)(=O)Cc2noc3ccccc23)cc1. The first kappa shape index (κ1) is 15.2. The van der Waals surface area contributed by atoms with E-state index in [0.29, 0.717) is 27.9 Å². The largest absolute Gasteiger partial charge is 0.356 e. The Morgan fingerprint density at radius 2 is 1.83 bits per heavy atom. The van der Waals surface area contributed by atoms with Crippen LogP contribution in [0.25, 0.3) is 11.0 Å². The lowest BCUT2D eigenvalue weighted by atomic mass is 10.1. The van der Waals surface area contributed by atoms with Gasteiger partial charge in [-0.3, -0.25) is 9.52 Å². The fourth-order valence-electron chi connectivity index (χ4n) is 2.21. The molecule has 0 saturated carbocycles. The molecular weight excluding hydrogens is 316 g/mol. The first-order valence-corrected chi connectivity index (χ1v) is 8.55. The highest BCUT2D eigenvalue weighted by atomic mass is 32.2. The van der Waals surface area contributed by atoms with Crippen molar-refractivity contribution in [3.05, 3.63) is 59.8 Å². The third-order valence-corrected chi connectivity index (χ3v) is 4.54. The number of nitrogens with zero attached hydrogens (tertiary/aromatic N) is 1. The number of ketones is 1. The first-order valence-electron chi connectivity index (χ1n) is 6.89. The van der Waals surface area contributed by atoms with Crippen molar-refractivity contribution in [1.29, 1.82) is 0 Å². The number of Topliss-reactive ketones (excluding diaryl/α,β-unsaturated/α-hetero) is 1. The fourth-order valence-corrected chi connectivity index (χ4v) is 3.35. The minimum Gasteiger partial charge on any atom is -0.356 e. The van der Waals surface area contributed by atoms with Crippen molar-refractivity contribution < 1.29 is 17.7 Å². The van der Waals surface area contributed by atoms with Crippen LogP contribution in [0.4, 0.5) is 5.69 Å². The van der Waals surface area contributed by atoms with Crippen LogP contribution in [0.5, 0.6) is 0 Å². The van der Waals surface area contributed by atoms with Gasteiger partial charge < -0.3 is 4.52 Å². The number of sulfonamides is 1. The molecule has 118 valence electrons. The van der Waals surface area contributed by atoms with E-state index in [4.69, 9.17) is 4.52 Å². The van der Waals surface area contributed by atoms with Crippen molar-refractivity contribution in [3.8, 4) is 0 Å². The number of nitrogens with one attached hydrogen (secondary N) is 1. The molecule has 7 heteroatoms. The summed E-state index contributed by atoms with van der Waals surface area (Å²) < 4.78 is 32.1. The van der Waals surface area contributed by atoms with E-state index in [9.17, 15) is 13.2 Å². The number of fused-ring (bicyclic) bond motifs is 1. The summed E-state index contributed by atoms with van der Waals surface area (Å²) in [5.41, 5.74) is 1.82. The number of rotatable bonds is 5. The van der Waals surface area contributed by atoms with E-state index in [0.717, 1.165) is 0 Å². The Labute approximate surface area is 133 Å². The standard InChI is InChI=1S/C16H14N2O4S/c1-11(19)12-6-8-13(9-7-12)18-23(20,21)10-15-14-4-2-3-5-16(14)22-17-15/h2-9,18H,10H2,1H3. The highest BCUT2D eigenvalue weighted by Crippen LogP contribution is 2.21. The molecule has 23 heavy (non-hydrogen) atoms. The van der Waals surface area contributed by atoms with Crippen molar-refractivity contribution >= 4 is 32.5 Å². The third-order valence-electron chi connectivity index (χ3n) is 3.34. The van der Waals surface area contributed by atoms with Gasteiger partial charge in [-0.25, -0.2) is 8.42 Å². The average Bonchev–Trinajstić information content (AvgIpc) is 2.90. The molecule has 0 amide bonds. The number of aromatic nitrogens is 1. The van der Waals surface area contributed by atoms with Crippen LogP contribution in [0.15, 0.2) is 53.1 Å². The number of benzene rings is 2. The van der Waals surface area contributed by atoms with Gasteiger partial charge in [0.15, 0.2) is 11.4 Å². The Bertz CT molecular complexity index is 959.